The molecule has 1 aliphatic rings. The minimum atomic E-state index is -0.0483. The van der Waals surface area contributed by atoms with Gasteiger partial charge in [0.2, 0.25) is 5.91 Å². The molecule has 2 heterocycles. The smallest absolute Gasteiger partial charge is 0.241 e. The molecule has 150 valence electrons. The van der Waals surface area contributed by atoms with E-state index in [0.29, 0.717) is 6.42 Å². The number of nitrogens with one attached hydrogen (secondary N) is 2. The Morgan fingerprint density at radius 3 is 2.55 bits per heavy atom. The summed E-state index contributed by atoms with van der Waals surface area (Å²) in [6, 6.07) is 18.6. The molecule has 1 aromatic heterocycles. The Morgan fingerprint density at radius 2 is 1.72 bits per heavy atom. The third kappa shape index (κ3) is 5.31. The van der Waals surface area contributed by atoms with E-state index >= 15 is 0 Å². The van der Waals surface area contributed by atoms with Gasteiger partial charge in [-0.3, -0.25) is 9.69 Å². The maximum atomic E-state index is 12.1. The first kappa shape index (κ1) is 19.4. The summed E-state index contributed by atoms with van der Waals surface area (Å²) in [5.41, 5.74) is 6.03. The van der Waals surface area contributed by atoms with Gasteiger partial charge in [-0.05, 0) is 11.6 Å². The number of hydrogen-bond acceptors (Lipinski definition) is 4. The minimum Gasteiger partial charge on any atom is -0.361 e. The number of hydrogen-bond donors (Lipinski definition) is 2. The molecule has 0 spiro atoms. The van der Waals surface area contributed by atoms with Gasteiger partial charge in [-0.2, -0.15) is 5.10 Å². The molecule has 29 heavy (non-hydrogen) atoms. The Bertz CT molecular complexity index is 958. The SMILES string of the molecule is O=C(CCN1CCN(Cc2ccccc2)CC1)N/N=C/c1c[nH]c2ccccc12. The summed E-state index contributed by atoms with van der Waals surface area (Å²) in [5, 5.41) is 5.21. The number of aromatic amines is 1. The van der Waals surface area contributed by atoms with Crippen molar-refractivity contribution in [2.24, 2.45) is 5.10 Å². The third-order valence-electron chi connectivity index (χ3n) is 5.38. The fraction of sp³-hybridized carbons (Fsp3) is 0.304. The second-order valence-electron chi connectivity index (χ2n) is 7.44. The van der Waals surface area contributed by atoms with Gasteiger partial charge >= 0.3 is 0 Å². The molecule has 1 saturated heterocycles. The van der Waals surface area contributed by atoms with E-state index in [2.05, 4.69) is 55.6 Å². The summed E-state index contributed by atoms with van der Waals surface area (Å²) < 4.78 is 0. The number of hydrazone groups is 1. The molecule has 6 heteroatoms. The first-order valence-corrected chi connectivity index (χ1v) is 10.1. The zero-order valence-corrected chi connectivity index (χ0v) is 16.6. The van der Waals surface area contributed by atoms with Gasteiger partial charge in [-0.15, -0.1) is 0 Å². The number of benzene rings is 2. The van der Waals surface area contributed by atoms with E-state index in [-0.39, 0.29) is 5.91 Å². The number of amides is 1. The van der Waals surface area contributed by atoms with Crippen molar-refractivity contribution in [3.63, 3.8) is 0 Å². The molecule has 1 fully saturated rings. The molecule has 6 nitrogen and oxygen atoms in total. The molecule has 4 rings (SSSR count). The van der Waals surface area contributed by atoms with Crippen molar-refractivity contribution in [1.82, 2.24) is 20.2 Å². The van der Waals surface area contributed by atoms with Crippen LogP contribution in [0.3, 0.4) is 0 Å². The van der Waals surface area contributed by atoms with Crippen LogP contribution in [0.4, 0.5) is 0 Å². The number of H-pyrrole nitrogens is 1. The number of piperazine rings is 1. The maximum Gasteiger partial charge on any atom is 0.241 e. The Morgan fingerprint density at radius 1 is 1.00 bits per heavy atom. The lowest BCUT2D eigenvalue weighted by atomic mass is 10.2. The maximum absolute atomic E-state index is 12.1. The van der Waals surface area contributed by atoms with E-state index in [1.54, 1.807) is 6.21 Å². The monoisotopic (exact) mass is 389 g/mol. The van der Waals surface area contributed by atoms with Crippen LogP contribution in [-0.4, -0.2) is 59.6 Å². The van der Waals surface area contributed by atoms with Gasteiger partial charge in [0.1, 0.15) is 0 Å². The molecular weight excluding hydrogens is 362 g/mol. The molecule has 0 atom stereocenters. The van der Waals surface area contributed by atoms with Crippen LogP contribution in [0.15, 0.2) is 65.9 Å². The van der Waals surface area contributed by atoms with Gasteiger partial charge in [0, 0.05) is 68.4 Å². The molecule has 1 aliphatic heterocycles. The summed E-state index contributed by atoms with van der Waals surface area (Å²) in [6.45, 7) is 5.84. The lowest BCUT2D eigenvalue weighted by molar-refractivity contribution is -0.121. The normalized spacial score (nSPS) is 15.9. The van der Waals surface area contributed by atoms with Crippen LogP contribution in [0.5, 0.6) is 0 Å². The van der Waals surface area contributed by atoms with Crippen molar-refractivity contribution >= 4 is 23.0 Å². The molecule has 2 aromatic carbocycles. The standard InChI is InChI=1S/C23H27N5O/c29-23(26-25-17-20-16-24-22-9-5-4-8-21(20)22)10-11-27-12-14-28(15-13-27)18-19-6-2-1-3-7-19/h1-9,16-17,24H,10-15,18H2,(H,26,29)/b25-17+. The summed E-state index contributed by atoms with van der Waals surface area (Å²) in [5.74, 6) is -0.0483. The quantitative estimate of drug-likeness (QED) is 0.482. The largest absolute Gasteiger partial charge is 0.361 e. The van der Waals surface area contributed by atoms with Crippen LogP contribution in [-0.2, 0) is 11.3 Å². The zero-order chi connectivity index (χ0) is 19.9. The number of aromatic nitrogens is 1. The second kappa shape index (κ2) is 9.49. The third-order valence-corrected chi connectivity index (χ3v) is 5.38. The summed E-state index contributed by atoms with van der Waals surface area (Å²) in [4.78, 5) is 20.1. The number of carbonyl (C=O) groups excluding carboxylic acids is 1. The van der Waals surface area contributed by atoms with Crippen LogP contribution in [0, 0.1) is 0 Å². The number of rotatable bonds is 7. The summed E-state index contributed by atoms with van der Waals surface area (Å²) in [6.07, 6.45) is 4.05. The second-order valence-corrected chi connectivity index (χ2v) is 7.44. The van der Waals surface area contributed by atoms with E-state index in [1.165, 1.54) is 5.56 Å². The Labute approximate surface area is 171 Å². The number of carbonyl (C=O) groups is 1. The molecule has 0 bridgehead atoms. The average molecular weight is 390 g/mol. The van der Waals surface area contributed by atoms with Crippen molar-refractivity contribution in [3.8, 4) is 0 Å². The van der Waals surface area contributed by atoms with Crippen molar-refractivity contribution in [2.75, 3.05) is 32.7 Å². The van der Waals surface area contributed by atoms with Gasteiger partial charge in [-0.25, -0.2) is 5.43 Å². The van der Waals surface area contributed by atoms with E-state index < -0.39 is 0 Å². The topological polar surface area (TPSA) is 63.7 Å². The predicted octanol–water partition coefficient (Wildman–Crippen LogP) is 2.83. The van der Waals surface area contributed by atoms with Gasteiger partial charge in [0.15, 0.2) is 0 Å². The molecule has 3 aromatic rings. The minimum absolute atomic E-state index is 0.0483. The van der Waals surface area contributed by atoms with E-state index in [1.807, 2.05) is 30.5 Å². The molecular formula is C23H27N5O. The fourth-order valence-corrected chi connectivity index (χ4v) is 3.70. The summed E-state index contributed by atoms with van der Waals surface area (Å²) >= 11 is 0. The fourth-order valence-electron chi connectivity index (χ4n) is 3.70. The first-order valence-electron chi connectivity index (χ1n) is 10.1. The molecule has 2 N–H and O–H groups in total. The molecule has 0 saturated carbocycles. The lowest BCUT2D eigenvalue weighted by Gasteiger charge is -2.34. The highest BCUT2D eigenvalue weighted by Crippen LogP contribution is 2.15. The number of fused-ring (bicyclic) bond motifs is 1. The van der Waals surface area contributed by atoms with Crippen molar-refractivity contribution < 1.29 is 4.79 Å². The molecule has 1 amide bonds. The highest BCUT2D eigenvalue weighted by molar-refractivity contribution is 5.99. The van der Waals surface area contributed by atoms with Crippen LogP contribution >= 0.6 is 0 Å². The van der Waals surface area contributed by atoms with Gasteiger partial charge in [0.05, 0.1) is 6.21 Å². The van der Waals surface area contributed by atoms with Gasteiger partial charge in [-0.1, -0.05) is 48.5 Å². The molecule has 0 unspecified atom stereocenters. The predicted molar refractivity (Wildman–Crippen MR) is 117 cm³/mol. The number of para-hydroxylation sites is 1. The van der Waals surface area contributed by atoms with Crippen LogP contribution in [0.25, 0.3) is 10.9 Å². The average Bonchev–Trinajstić information content (AvgIpc) is 3.17. The number of nitrogens with zero attached hydrogens (tertiary/aromatic N) is 3. The zero-order valence-electron chi connectivity index (χ0n) is 16.6. The summed E-state index contributed by atoms with van der Waals surface area (Å²) in [7, 11) is 0. The first-order chi connectivity index (χ1) is 14.3. The van der Waals surface area contributed by atoms with Crippen LogP contribution in [0.1, 0.15) is 17.5 Å². The van der Waals surface area contributed by atoms with Crippen LogP contribution in [0.2, 0.25) is 0 Å². The van der Waals surface area contributed by atoms with Gasteiger partial charge < -0.3 is 9.88 Å². The van der Waals surface area contributed by atoms with Gasteiger partial charge in [0.25, 0.3) is 0 Å². The molecule has 0 radical (unpaired) electrons. The van der Waals surface area contributed by atoms with Crippen molar-refractivity contribution in [3.05, 3.63) is 71.9 Å². The van der Waals surface area contributed by atoms with E-state index in [4.69, 9.17) is 0 Å². The molecule has 0 aliphatic carbocycles. The van der Waals surface area contributed by atoms with Crippen molar-refractivity contribution in [1.29, 1.82) is 0 Å². The Balaban J connectivity index is 1.17. The van der Waals surface area contributed by atoms with E-state index in [0.717, 1.165) is 55.7 Å². The lowest BCUT2D eigenvalue weighted by Crippen LogP contribution is -2.46. The van der Waals surface area contributed by atoms with Crippen LogP contribution < -0.4 is 5.43 Å². The van der Waals surface area contributed by atoms with E-state index in [9.17, 15) is 4.79 Å². The highest BCUT2D eigenvalue weighted by Gasteiger charge is 2.17. The Kier molecular flexibility index (Phi) is 6.34. The Hall–Kier alpha value is -2.96. The van der Waals surface area contributed by atoms with Crippen molar-refractivity contribution in [2.45, 2.75) is 13.0 Å². The highest BCUT2D eigenvalue weighted by atomic mass is 16.2.